The van der Waals surface area contributed by atoms with Crippen molar-refractivity contribution >= 4 is 58.0 Å². The lowest BCUT2D eigenvalue weighted by atomic mass is 10.1. The quantitative estimate of drug-likeness (QED) is 0.616. The van der Waals surface area contributed by atoms with Crippen molar-refractivity contribution in [1.29, 1.82) is 0 Å². The highest BCUT2D eigenvalue weighted by atomic mass is 35.5. The second kappa shape index (κ2) is 7.47. The van der Waals surface area contributed by atoms with E-state index >= 15 is 0 Å². The molecule has 0 saturated heterocycles. The molecule has 0 spiro atoms. The molecule has 2 amide bonds. The van der Waals surface area contributed by atoms with Gasteiger partial charge in [-0.25, -0.2) is 4.90 Å². The average molecular weight is 406 g/mol. The maximum absolute atomic E-state index is 13.2. The molecule has 0 saturated carbocycles. The van der Waals surface area contributed by atoms with Gasteiger partial charge in [0.25, 0.3) is 11.8 Å². The number of thioether (sulfide) groups is 1. The van der Waals surface area contributed by atoms with Gasteiger partial charge < -0.3 is 0 Å². The van der Waals surface area contributed by atoms with Gasteiger partial charge >= 0.3 is 0 Å². The molecule has 0 aliphatic carbocycles. The number of carbonyl (C=O) groups is 2. The van der Waals surface area contributed by atoms with Crippen LogP contribution < -0.4 is 4.90 Å². The number of halogens is 2. The number of anilines is 1. The third kappa shape index (κ3) is 3.18. The zero-order valence-electron chi connectivity index (χ0n) is 14.6. The first kappa shape index (κ1) is 19.0. The summed E-state index contributed by atoms with van der Waals surface area (Å²) in [4.78, 5) is 28.0. The Morgan fingerprint density at radius 2 is 1.77 bits per heavy atom. The van der Waals surface area contributed by atoms with E-state index in [4.69, 9.17) is 23.2 Å². The van der Waals surface area contributed by atoms with Crippen molar-refractivity contribution < 1.29 is 9.59 Å². The topological polar surface area (TPSA) is 37.4 Å². The minimum absolute atomic E-state index is 0.309. The Balaban J connectivity index is 2.17. The Bertz CT molecular complexity index is 953. The van der Waals surface area contributed by atoms with E-state index < -0.39 is 0 Å². The van der Waals surface area contributed by atoms with E-state index in [1.807, 2.05) is 32.9 Å². The molecule has 26 heavy (non-hydrogen) atoms. The fourth-order valence-corrected chi connectivity index (χ4v) is 4.26. The largest absolute Gasteiger partial charge is 0.272 e. The van der Waals surface area contributed by atoms with Crippen LogP contribution in [0.15, 0.2) is 41.3 Å². The summed E-state index contributed by atoms with van der Waals surface area (Å²) in [7, 11) is 0. The molecule has 1 aliphatic rings. The molecular weight excluding hydrogens is 389 g/mol. The van der Waals surface area contributed by atoms with Crippen LogP contribution >= 0.6 is 35.0 Å². The summed E-state index contributed by atoms with van der Waals surface area (Å²) in [6.45, 7) is 5.80. The number of rotatable bonds is 4. The van der Waals surface area contributed by atoms with Crippen molar-refractivity contribution in [3.63, 3.8) is 0 Å². The molecular formula is C20H17Cl2NO2S. The normalized spacial score (nSPS) is 14.6. The van der Waals surface area contributed by atoms with E-state index in [-0.39, 0.29) is 11.8 Å². The Morgan fingerprint density at radius 3 is 2.42 bits per heavy atom. The first-order chi connectivity index (χ1) is 12.4. The number of benzene rings is 2. The van der Waals surface area contributed by atoms with Gasteiger partial charge in [0.1, 0.15) is 0 Å². The van der Waals surface area contributed by atoms with Crippen molar-refractivity contribution in [2.75, 3.05) is 10.7 Å². The fraction of sp³-hybridized carbons (Fsp3) is 0.200. The lowest BCUT2D eigenvalue weighted by molar-refractivity contribution is -0.119. The van der Waals surface area contributed by atoms with Crippen LogP contribution in [-0.4, -0.2) is 17.6 Å². The number of aryl methyl sites for hydroxylation is 1. The standard InChI is InChI=1S/C20H17Cl2NO2S/c1-4-26-18-17(14-9-8-13(21)10-15(14)22)19(24)23(20(18)25)16-7-5-6-11(2)12(16)3/h5-10H,4H2,1-3H3. The van der Waals surface area contributed by atoms with Crippen LogP contribution in [0.4, 0.5) is 5.69 Å². The van der Waals surface area contributed by atoms with Gasteiger partial charge in [0.15, 0.2) is 0 Å². The SMILES string of the molecule is CCSC1=C(c2ccc(Cl)cc2Cl)C(=O)N(c2cccc(C)c2C)C1=O. The van der Waals surface area contributed by atoms with E-state index in [2.05, 4.69) is 0 Å². The first-order valence-electron chi connectivity index (χ1n) is 8.14. The maximum atomic E-state index is 13.2. The summed E-state index contributed by atoms with van der Waals surface area (Å²) in [5.41, 5.74) is 3.39. The second-order valence-corrected chi connectivity index (χ2v) is 8.04. The van der Waals surface area contributed by atoms with Crippen LogP contribution in [0, 0.1) is 13.8 Å². The molecule has 0 radical (unpaired) electrons. The summed E-state index contributed by atoms with van der Waals surface area (Å²) in [6.07, 6.45) is 0. The van der Waals surface area contributed by atoms with E-state index in [1.165, 1.54) is 16.7 Å². The van der Waals surface area contributed by atoms with Gasteiger partial charge in [-0.15, -0.1) is 11.8 Å². The monoisotopic (exact) mass is 405 g/mol. The first-order valence-corrected chi connectivity index (χ1v) is 9.88. The van der Waals surface area contributed by atoms with Gasteiger partial charge in [0, 0.05) is 10.6 Å². The number of amides is 2. The van der Waals surface area contributed by atoms with Crippen LogP contribution in [0.25, 0.3) is 5.57 Å². The molecule has 2 aromatic carbocycles. The maximum Gasteiger partial charge on any atom is 0.272 e. The summed E-state index contributed by atoms with van der Waals surface area (Å²) < 4.78 is 0. The molecule has 0 bridgehead atoms. The number of hydrogen-bond acceptors (Lipinski definition) is 3. The van der Waals surface area contributed by atoms with Gasteiger partial charge in [-0.3, -0.25) is 9.59 Å². The number of hydrogen-bond donors (Lipinski definition) is 0. The van der Waals surface area contributed by atoms with Crippen LogP contribution in [0.2, 0.25) is 10.0 Å². The Labute approximate surface area is 167 Å². The van der Waals surface area contributed by atoms with Crippen LogP contribution in [0.3, 0.4) is 0 Å². The van der Waals surface area contributed by atoms with Gasteiger partial charge in [-0.2, -0.15) is 0 Å². The predicted molar refractivity (Wildman–Crippen MR) is 110 cm³/mol. The zero-order valence-corrected chi connectivity index (χ0v) is 16.9. The molecule has 2 aromatic rings. The van der Waals surface area contributed by atoms with Crippen molar-refractivity contribution in [2.24, 2.45) is 0 Å². The molecule has 6 heteroatoms. The highest BCUT2D eigenvalue weighted by molar-refractivity contribution is 8.04. The van der Waals surface area contributed by atoms with Gasteiger partial charge in [-0.05, 0) is 48.9 Å². The number of imide groups is 1. The van der Waals surface area contributed by atoms with E-state index in [1.54, 1.807) is 24.3 Å². The molecule has 0 atom stereocenters. The van der Waals surface area contributed by atoms with E-state index in [9.17, 15) is 9.59 Å². The number of nitrogens with zero attached hydrogens (tertiary/aromatic N) is 1. The second-order valence-electron chi connectivity index (χ2n) is 5.93. The highest BCUT2D eigenvalue weighted by Crippen LogP contribution is 2.41. The van der Waals surface area contributed by atoms with Crippen LogP contribution in [0.5, 0.6) is 0 Å². The average Bonchev–Trinajstić information content (AvgIpc) is 2.82. The lowest BCUT2D eigenvalue weighted by Crippen LogP contribution is -2.32. The van der Waals surface area contributed by atoms with E-state index in [0.717, 1.165) is 11.1 Å². The molecule has 0 aromatic heterocycles. The van der Waals surface area contributed by atoms with Gasteiger partial charge in [0.2, 0.25) is 0 Å². The van der Waals surface area contributed by atoms with Gasteiger partial charge in [0.05, 0.1) is 21.2 Å². The molecule has 0 N–H and O–H groups in total. The fourth-order valence-electron chi connectivity index (χ4n) is 2.91. The smallest absolute Gasteiger partial charge is 0.268 e. The van der Waals surface area contributed by atoms with Crippen molar-refractivity contribution in [3.05, 3.63) is 68.0 Å². The van der Waals surface area contributed by atoms with Crippen LogP contribution in [0.1, 0.15) is 23.6 Å². The molecule has 1 heterocycles. The summed E-state index contributed by atoms with van der Waals surface area (Å²) in [5.74, 6) is 0.00408. The lowest BCUT2D eigenvalue weighted by Gasteiger charge is -2.19. The minimum atomic E-state index is -0.358. The number of carbonyl (C=O) groups excluding carboxylic acids is 2. The molecule has 3 nitrogen and oxygen atoms in total. The zero-order chi connectivity index (χ0) is 19.0. The van der Waals surface area contributed by atoms with Crippen molar-refractivity contribution in [1.82, 2.24) is 0 Å². The van der Waals surface area contributed by atoms with Gasteiger partial charge in [-0.1, -0.05) is 48.3 Å². The van der Waals surface area contributed by atoms with E-state index in [0.29, 0.717) is 37.5 Å². The Morgan fingerprint density at radius 1 is 1.04 bits per heavy atom. The van der Waals surface area contributed by atoms with Crippen LogP contribution in [-0.2, 0) is 9.59 Å². The summed E-state index contributed by atoms with van der Waals surface area (Å²) in [6, 6.07) is 10.5. The third-order valence-corrected chi connectivity index (χ3v) is 5.85. The Hall–Kier alpha value is -1.75. The third-order valence-electron chi connectivity index (χ3n) is 4.35. The molecule has 0 unspecified atom stereocenters. The molecule has 134 valence electrons. The molecule has 1 aliphatic heterocycles. The highest BCUT2D eigenvalue weighted by Gasteiger charge is 2.41. The van der Waals surface area contributed by atoms with Crippen molar-refractivity contribution in [2.45, 2.75) is 20.8 Å². The minimum Gasteiger partial charge on any atom is -0.268 e. The van der Waals surface area contributed by atoms with Crippen molar-refractivity contribution in [3.8, 4) is 0 Å². The predicted octanol–water partition coefficient (Wildman–Crippen LogP) is 5.65. The summed E-state index contributed by atoms with van der Waals surface area (Å²) >= 11 is 13.7. The Kier molecular flexibility index (Phi) is 5.47. The molecule has 0 fully saturated rings. The molecule has 3 rings (SSSR count). The summed E-state index contributed by atoms with van der Waals surface area (Å²) in [5, 5.41) is 0.831.